The lowest BCUT2D eigenvalue weighted by atomic mass is 10.2. The summed E-state index contributed by atoms with van der Waals surface area (Å²) >= 11 is 0. The third-order valence-corrected chi connectivity index (χ3v) is 4.96. The number of benzene rings is 2. The third-order valence-electron chi connectivity index (χ3n) is 4.96. The van der Waals surface area contributed by atoms with Crippen LogP contribution in [0.2, 0.25) is 0 Å². The summed E-state index contributed by atoms with van der Waals surface area (Å²) < 4.78 is 5.71. The van der Waals surface area contributed by atoms with Crippen LogP contribution in [0.5, 0.6) is 5.75 Å². The highest BCUT2D eigenvalue weighted by molar-refractivity contribution is 5.79. The van der Waals surface area contributed by atoms with Crippen LogP contribution in [-0.4, -0.2) is 55.4 Å². The molecule has 7 nitrogen and oxygen atoms in total. The van der Waals surface area contributed by atoms with Crippen LogP contribution in [0.25, 0.3) is 0 Å². The van der Waals surface area contributed by atoms with E-state index < -0.39 is 0 Å². The summed E-state index contributed by atoms with van der Waals surface area (Å²) in [6, 6.07) is 14.2. The fraction of sp³-hybridized carbons (Fsp3) is 0.381. The van der Waals surface area contributed by atoms with Crippen LogP contribution in [0, 0.1) is 10.1 Å². The number of hydrogen-bond acceptors (Lipinski definition) is 6. The molecule has 1 aliphatic heterocycles. The smallest absolute Gasteiger partial charge is 0.292 e. The van der Waals surface area contributed by atoms with E-state index in [1.165, 1.54) is 0 Å². The molecule has 3 rings (SSSR count). The molecule has 0 aliphatic carbocycles. The highest BCUT2D eigenvalue weighted by Gasteiger charge is 2.22. The first-order chi connectivity index (χ1) is 13.7. The molecular formula is C21H25N3O4. The second kappa shape index (κ2) is 9.85. The van der Waals surface area contributed by atoms with Crippen molar-refractivity contribution in [2.45, 2.75) is 12.8 Å². The Balaban J connectivity index is 1.38. The zero-order valence-corrected chi connectivity index (χ0v) is 15.8. The second-order valence-corrected chi connectivity index (χ2v) is 6.79. The summed E-state index contributed by atoms with van der Waals surface area (Å²) in [7, 11) is 0. The lowest BCUT2D eigenvalue weighted by molar-refractivity contribution is -0.384. The van der Waals surface area contributed by atoms with Crippen LogP contribution in [0.15, 0.2) is 48.5 Å². The maximum Gasteiger partial charge on any atom is 0.292 e. The zero-order valence-electron chi connectivity index (χ0n) is 15.8. The molecule has 148 valence electrons. The van der Waals surface area contributed by atoms with Gasteiger partial charge in [-0.05, 0) is 37.6 Å². The van der Waals surface area contributed by atoms with Gasteiger partial charge in [-0.3, -0.25) is 19.8 Å². The monoisotopic (exact) mass is 383 g/mol. The molecule has 0 bridgehead atoms. The second-order valence-electron chi connectivity index (χ2n) is 6.79. The van der Waals surface area contributed by atoms with E-state index >= 15 is 0 Å². The van der Waals surface area contributed by atoms with Crippen molar-refractivity contribution in [3.05, 3.63) is 64.2 Å². The quantitative estimate of drug-likeness (QED) is 0.286. The highest BCUT2D eigenvalue weighted by atomic mass is 16.6. The van der Waals surface area contributed by atoms with E-state index in [4.69, 9.17) is 4.74 Å². The molecule has 0 aromatic heterocycles. The Hall–Kier alpha value is -2.93. The van der Waals surface area contributed by atoms with Gasteiger partial charge in [0.2, 0.25) is 0 Å². The van der Waals surface area contributed by atoms with E-state index in [0.29, 0.717) is 23.6 Å². The number of unbranched alkanes of at least 4 members (excludes halogenated alkanes) is 1. The van der Waals surface area contributed by atoms with Crippen molar-refractivity contribution in [1.29, 1.82) is 0 Å². The van der Waals surface area contributed by atoms with Crippen LogP contribution in [-0.2, 0) is 0 Å². The molecule has 2 aromatic rings. The Kier molecular flexibility index (Phi) is 6.97. The van der Waals surface area contributed by atoms with E-state index in [-0.39, 0.29) is 10.6 Å². The molecule has 0 unspecified atom stereocenters. The molecule has 28 heavy (non-hydrogen) atoms. The Morgan fingerprint density at radius 3 is 2.46 bits per heavy atom. The molecule has 1 heterocycles. The summed E-state index contributed by atoms with van der Waals surface area (Å²) in [5.41, 5.74) is 1.45. The van der Waals surface area contributed by atoms with Crippen molar-refractivity contribution in [3.63, 3.8) is 0 Å². The SMILES string of the molecule is O=Cc1ccccc1OCCCCN1CCN(c2ccccc2[N+](=O)[O-])CC1. The van der Waals surface area contributed by atoms with Crippen molar-refractivity contribution in [2.24, 2.45) is 0 Å². The predicted octanol–water partition coefficient (Wildman–Crippen LogP) is 3.39. The van der Waals surface area contributed by atoms with E-state index in [2.05, 4.69) is 9.80 Å². The molecule has 0 spiro atoms. The number of ether oxygens (including phenoxy) is 1. The number of rotatable bonds is 9. The van der Waals surface area contributed by atoms with E-state index in [1.54, 1.807) is 18.2 Å². The Morgan fingerprint density at radius 2 is 1.71 bits per heavy atom. The number of anilines is 1. The maximum absolute atomic E-state index is 11.2. The standard InChI is InChI=1S/C21H25N3O4/c25-17-18-7-1-4-10-21(18)28-16-6-5-11-22-12-14-23(15-13-22)19-8-2-3-9-20(19)24(26)27/h1-4,7-10,17H,5-6,11-16H2. The van der Waals surface area contributed by atoms with Crippen LogP contribution < -0.4 is 9.64 Å². The number of nitro groups is 1. The van der Waals surface area contributed by atoms with E-state index in [0.717, 1.165) is 51.9 Å². The van der Waals surface area contributed by atoms with Gasteiger partial charge in [0.25, 0.3) is 5.69 Å². The molecule has 0 N–H and O–H groups in total. The lowest BCUT2D eigenvalue weighted by Crippen LogP contribution is -2.46. The molecule has 1 saturated heterocycles. The molecule has 7 heteroatoms. The van der Waals surface area contributed by atoms with Crippen LogP contribution in [0.4, 0.5) is 11.4 Å². The van der Waals surface area contributed by atoms with Gasteiger partial charge in [0.15, 0.2) is 6.29 Å². The molecule has 1 fully saturated rings. The van der Waals surface area contributed by atoms with Gasteiger partial charge in [-0.15, -0.1) is 0 Å². The summed E-state index contributed by atoms with van der Waals surface area (Å²) in [4.78, 5) is 26.3. The van der Waals surface area contributed by atoms with Crippen molar-refractivity contribution < 1.29 is 14.5 Å². The first-order valence-electron chi connectivity index (χ1n) is 9.57. The average molecular weight is 383 g/mol. The number of carbonyl (C=O) groups excluding carboxylic acids is 1. The van der Waals surface area contributed by atoms with Crippen molar-refractivity contribution in [2.75, 3.05) is 44.2 Å². The molecule has 0 amide bonds. The molecule has 1 aliphatic rings. The van der Waals surface area contributed by atoms with Gasteiger partial charge in [-0.1, -0.05) is 24.3 Å². The number of piperazine rings is 1. The summed E-state index contributed by atoms with van der Waals surface area (Å²) in [5.74, 6) is 0.635. The maximum atomic E-state index is 11.2. The van der Waals surface area contributed by atoms with Gasteiger partial charge < -0.3 is 9.64 Å². The average Bonchev–Trinajstić information content (AvgIpc) is 2.74. The van der Waals surface area contributed by atoms with E-state index in [9.17, 15) is 14.9 Å². The molecule has 0 atom stereocenters. The minimum atomic E-state index is -0.315. The molecule has 2 aromatic carbocycles. The Bertz CT molecular complexity index is 804. The number of hydrogen-bond donors (Lipinski definition) is 0. The Morgan fingerprint density at radius 1 is 1.00 bits per heavy atom. The predicted molar refractivity (Wildman–Crippen MR) is 108 cm³/mol. The zero-order chi connectivity index (χ0) is 19.8. The number of aldehydes is 1. The van der Waals surface area contributed by atoms with Gasteiger partial charge in [0, 0.05) is 32.2 Å². The topological polar surface area (TPSA) is 75.9 Å². The summed E-state index contributed by atoms with van der Waals surface area (Å²) in [5, 5.41) is 11.2. The van der Waals surface area contributed by atoms with Crippen LogP contribution >= 0.6 is 0 Å². The highest BCUT2D eigenvalue weighted by Crippen LogP contribution is 2.28. The minimum absolute atomic E-state index is 0.170. The first kappa shape index (κ1) is 19.8. The van der Waals surface area contributed by atoms with Crippen molar-refractivity contribution in [1.82, 2.24) is 4.90 Å². The largest absolute Gasteiger partial charge is 0.493 e. The molecule has 0 radical (unpaired) electrons. The fourth-order valence-electron chi connectivity index (χ4n) is 3.43. The molecule has 0 saturated carbocycles. The Labute approximate surface area is 164 Å². The van der Waals surface area contributed by atoms with Crippen LogP contribution in [0.3, 0.4) is 0 Å². The summed E-state index contributed by atoms with van der Waals surface area (Å²) in [6.07, 6.45) is 2.73. The fourth-order valence-corrected chi connectivity index (χ4v) is 3.43. The summed E-state index contributed by atoms with van der Waals surface area (Å²) in [6.45, 7) is 4.91. The number of nitrogens with zero attached hydrogens (tertiary/aromatic N) is 3. The van der Waals surface area contributed by atoms with Gasteiger partial charge >= 0.3 is 0 Å². The number of nitro benzene ring substituents is 1. The van der Waals surface area contributed by atoms with Crippen molar-refractivity contribution in [3.8, 4) is 5.75 Å². The van der Waals surface area contributed by atoms with Gasteiger partial charge in [0.1, 0.15) is 11.4 Å². The van der Waals surface area contributed by atoms with Crippen molar-refractivity contribution >= 4 is 17.7 Å². The number of para-hydroxylation sites is 3. The van der Waals surface area contributed by atoms with Gasteiger partial charge in [-0.2, -0.15) is 0 Å². The number of carbonyl (C=O) groups is 1. The van der Waals surface area contributed by atoms with Crippen LogP contribution in [0.1, 0.15) is 23.2 Å². The minimum Gasteiger partial charge on any atom is -0.493 e. The first-order valence-corrected chi connectivity index (χ1v) is 9.57. The van der Waals surface area contributed by atoms with Gasteiger partial charge in [0.05, 0.1) is 17.1 Å². The van der Waals surface area contributed by atoms with E-state index in [1.807, 2.05) is 30.3 Å². The molecular weight excluding hydrogens is 358 g/mol. The normalized spacial score (nSPS) is 14.6. The third kappa shape index (κ3) is 5.07. The lowest BCUT2D eigenvalue weighted by Gasteiger charge is -2.35. The van der Waals surface area contributed by atoms with Gasteiger partial charge in [-0.25, -0.2) is 0 Å².